The molecular weight excluding hydrogens is 344 g/mol. The maximum absolute atomic E-state index is 10.7. The molecule has 1 aromatic carbocycles. The average Bonchev–Trinajstić information content (AvgIpc) is 3.28. The van der Waals surface area contributed by atoms with Crippen LogP contribution in [0, 0.1) is 0 Å². The molecule has 5 heteroatoms. The van der Waals surface area contributed by atoms with Crippen LogP contribution in [0.1, 0.15) is 76.2 Å². The van der Waals surface area contributed by atoms with Crippen molar-refractivity contribution in [3.05, 3.63) is 23.8 Å². The summed E-state index contributed by atoms with van der Waals surface area (Å²) in [5.41, 5.74) is 1.33. The first-order valence-electron chi connectivity index (χ1n) is 10.5. The van der Waals surface area contributed by atoms with Crippen molar-refractivity contribution >= 4 is 5.97 Å². The molecule has 5 nitrogen and oxygen atoms in total. The quantitative estimate of drug-likeness (QED) is 0.514. The molecule has 2 heterocycles. The topological polar surface area (TPSA) is 65.0 Å². The van der Waals surface area contributed by atoms with Gasteiger partial charge in [0.25, 0.3) is 0 Å². The standard InChI is InChI=1S/C22H32O5/c23-22(24)15-19-12-11-18(27-19)9-7-5-3-1-2-4-6-8-17-10-13-20-21(14-17)26-16-25-20/h10,13-14,18-19H,1-9,11-12,15-16H2,(H,23,24). The van der Waals surface area contributed by atoms with Crippen LogP contribution in [-0.4, -0.2) is 30.1 Å². The predicted molar refractivity (Wildman–Crippen MR) is 103 cm³/mol. The van der Waals surface area contributed by atoms with Gasteiger partial charge in [0.05, 0.1) is 18.6 Å². The Balaban J connectivity index is 1.15. The van der Waals surface area contributed by atoms with Crippen molar-refractivity contribution in [3.63, 3.8) is 0 Å². The number of fused-ring (bicyclic) bond motifs is 1. The Morgan fingerprint density at radius 2 is 1.63 bits per heavy atom. The summed E-state index contributed by atoms with van der Waals surface area (Å²) in [4.78, 5) is 10.7. The number of ether oxygens (including phenoxy) is 3. The maximum Gasteiger partial charge on any atom is 0.305 e. The smallest absolute Gasteiger partial charge is 0.305 e. The molecule has 2 aliphatic heterocycles. The molecule has 2 atom stereocenters. The van der Waals surface area contributed by atoms with Gasteiger partial charge in [-0.15, -0.1) is 0 Å². The minimum atomic E-state index is -0.751. The first-order chi connectivity index (χ1) is 13.2. The van der Waals surface area contributed by atoms with Gasteiger partial charge in [-0.2, -0.15) is 0 Å². The van der Waals surface area contributed by atoms with E-state index in [0.717, 1.165) is 37.2 Å². The van der Waals surface area contributed by atoms with Gasteiger partial charge in [0.1, 0.15) is 0 Å². The van der Waals surface area contributed by atoms with Crippen LogP contribution in [0.3, 0.4) is 0 Å². The van der Waals surface area contributed by atoms with Gasteiger partial charge >= 0.3 is 5.97 Å². The minimum Gasteiger partial charge on any atom is -0.481 e. The van der Waals surface area contributed by atoms with Crippen LogP contribution in [0.5, 0.6) is 11.5 Å². The Kier molecular flexibility index (Phi) is 7.81. The van der Waals surface area contributed by atoms with E-state index in [0.29, 0.717) is 6.79 Å². The molecule has 27 heavy (non-hydrogen) atoms. The highest BCUT2D eigenvalue weighted by molar-refractivity contribution is 5.67. The first kappa shape index (κ1) is 20.0. The van der Waals surface area contributed by atoms with Gasteiger partial charge in [-0.3, -0.25) is 4.79 Å². The van der Waals surface area contributed by atoms with E-state index in [9.17, 15) is 4.79 Å². The van der Waals surface area contributed by atoms with Crippen molar-refractivity contribution in [2.75, 3.05) is 6.79 Å². The molecule has 150 valence electrons. The van der Waals surface area contributed by atoms with Crippen molar-refractivity contribution < 1.29 is 24.1 Å². The largest absolute Gasteiger partial charge is 0.481 e. The van der Waals surface area contributed by atoms with E-state index in [2.05, 4.69) is 12.1 Å². The number of aliphatic carboxylic acids is 1. The molecule has 2 unspecified atom stereocenters. The molecule has 3 rings (SSSR count). The van der Waals surface area contributed by atoms with Crippen LogP contribution in [0.15, 0.2) is 18.2 Å². The van der Waals surface area contributed by atoms with E-state index in [1.807, 2.05) is 6.07 Å². The summed E-state index contributed by atoms with van der Waals surface area (Å²) in [6, 6.07) is 6.25. The summed E-state index contributed by atoms with van der Waals surface area (Å²) >= 11 is 0. The van der Waals surface area contributed by atoms with E-state index in [1.165, 1.54) is 50.5 Å². The number of hydrogen-bond donors (Lipinski definition) is 1. The normalized spacial score (nSPS) is 20.9. The van der Waals surface area contributed by atoms with E-state index in [1.54, 1.807) is 0 Å². The molecule has 0 radical (unpaired) electrons. The van der Waals surface area contributed by atoms with Gasteiger partial charge < -0.3 is 19.3 Å². The van der Waals surface area contributed by atoms with Crippen molar-refractivity contribution in [1.82, 2.24) is 0 Å². The zero-order chi connectivity index (χ0) is 18.9. The van der Waals surface area contributed by atoms with Gasteiger partial charge in [-0.25, -0.2) is 0 Å². The lowest BCUT2D eigenvalue weighted by Gasteiger charge is -2.12. The second-order valence-corrected chi connectivity index (χ2v) is 7.76. The molecule has 1 N–H and O–H groups in total. The third-order valence-corrected chi connectivity index (χ3v) is 5.53. The number of rotatable bonds is 12. The second-order valence-electron chi connectivity index (χ2n) is 7.76. The Labute approximate surface area is 162 Å². The number of carboxylic acids is 1. The summed E-state index contributed by atoms with van der Waals surface area (Å²) in [7, 11) is 0. The fraction of sp³-hybridized carbons (Fsp3) is 0.682. The Morgan fingerprint density at radius 3 is 2.44 bits per heavy atom. The minimum absolute atomic E-state index is 0.0581. The molecule has 0 saturated carbocycles. The van der Waals surface area contributed by atoms with Gasteiger partial charge in [0.2, 0.25) is 6.79 Å². The lowest BCUT2D eigenvalue weighted by molar-refractivity contribution is -0.139. The highest BCUT2D eigenvalue weighted by Gasteiger charge is 2.26. The summed E-state index contributed by atoms with van der Waals surface area (Å²) in [5, 5.41) is 8.81. The Morgan fingerprint density at radius 1 is 0.926 bits per heavy atom. The fourth-order valence-electron chi connectivity index (χ4n) is 4.02. The van der Waals surface area contributed by atoms with Gasteiger partial charge in [-0.1, -0.05) is 44.6 Å². The van der Waals surface area contributed by atoms with E-state index >= 15 is 0 Å². The van der Waals surface area contributed by atoms with Crippen molar-refractivity contribution in [2.24, 2.45) is 0 Å². The van der Waals surface area contributed by atoms with Crippen LogP contribution >= 0.6 is 0 Å². The SMILES string of the molecule is O=C(O)CC1CCC(CCCCCCCCCc2ccc3c(c2)OCO3)O1. The molecule has 0 aromatic heterocycles. The number of carboxylic acid groups (broad SMARTS) is 1. The van der Waals surface area contributed by atoms with Crippen LogP contribution in [-0.2, 0) is 16.0 Å². The molecule has 0 spiro atoms. The van der Waals surface area contributed by atoms with Crippen LogP contribution in [0.25, 0.3) is 0 Å². The Bertz CT molecular complexity index is 600. The summed E-state index contributed by atoms with van der Waals surface area (Å²) in [6.45, 7) is 0.342. The molecule has 2 aliphatic rings. The van der Waals surface area contributed by atoms with Gasteiger partial charge in [0, 0.05) is 0 Å². The number of benzene rings is 1. The summed E-state index contributed by atoms with van der Waals surface area (Å²) in [5.74, 6) is 0.992. The molecule has 0 amide bonds. The summed E-state index contributed by atoms with van der Waals surface area (Å²) < 4.78 is 16.6. The molecular formula is C22H32O5. The molecule has 0 aliphatic carbocycles. The summed E-state index contributed by atoms with van der Waals surface area (Å²) in [6.07, 6.45) is 13.3. The van der Waals surface area contributed by atoms with Gasteiger partial charge in [0.15, 0.2) is 11.5 Å². The monoisotopic (exact) mass is 376 g/mol. The van der Waals surface area contributed by atoms with Crippen LogP contribution < -0.4 is 9.47 Å². The molecule has 1 fully saturated rings. The lowest BCUT2D eigenvalue weighted by Crippen LogP contribution is -2.14. The highest BCUT2D eigenvalue weighted by atomic mass is 16.7. The third-order valence-electron chi connectivity index (χ3n) is 5.53. The van der Waals surface area contributed by atoms with E-state index in [-0.39, 0.29) is 18.6 Å². The molecule has 1 saturated heterocycles. The number of unbranched alkanes of at least 4 members (excludes halogenated alkanes) is 6. The second kappa shape index (κ2) is 10.5. The first-order valence-corrected chi connectivity index (χ1v) is 10.5. The van der Waals surface area contributed by atoms with Crippen molar-refractivity contribution in [3.8, 4) is 11.5 Å². The third kappa shape index (κ3) is 6.73. The van der Waals surface area contributed by atoms with E-state index in [4.69, 9.17) is 19.3 Å². The van der Waals surface area contributed by atoms with Gasteiger partial charge in [-0.05, 0) is 49.8 Å². The van der Waals surface area contributed by atoms with Crippen molar-refractivity contribution in [2.45, 2.75) is 89.3 Å². The maximum atomic E-state index is 10.7. The molecule has 1 aromatic rings. The lowest BCUT2D eigenvalue weighted by atomic mass is 10.0. The van der Waals surface area contributed by atoms with Crippen LogP contribution in [0.2, 0.25) is 0 Å². The number of hydrogen-bond acceptors (Lipinski definition) is 4. The van der Waals surface area contributed by atoms with E-state index < -0.39 is 5.97 Å². The highest BCUT2D eigenvalue weighted by Crippen LogP contribution is 2.33. The van der Waals surface area contributed by atoms with Crippen molar-refractivity contribution in [1.29, 1.82) is 0 Å². The fourth-order valence-corrected chi connectivity index (χ4v) is 4.02. The Hall–Kier alpha value is -1.75. The zero-order valence-electron chi connectivity index (χ0n) is 16.2. The molecule has 0 bridgehead atoms. The predicted octanol–water partition coefficient (Wildman–Crippen LogP) is 5.10. The average molecular weight is 376 g/mol. The number of carbonyl (C=O) groups is 1. The van der Waals surface area contributed by atoms with Crippen LogP contribution in [0.4, 0.5) is 0 Å². The number of aryl methyl sites for hydroxylation is 1. The zero-order valence-corrected chi connectivity index (χ0v) is 16.2.